The van der Waals surface area contributed by atoms with Crippen molar-refractivity contribution in [1.82, 2.24) is 4.98 Å². The molecule has 0 N–H and O–H groups in total. The molecule has 0 radical (unpaired) electrons. The van der Waals surface area contributed by atoms with E-state index >= 15 is 0 Å². The molecule has 3 aromatic carbocycles. The average Bonchev–Trinajstić information content (AvgIpc) is 3.41. The van der Waals surface area contributed by atoms with E-state index in [1.54, 1.807) is 6.20 Å². The third kappa shape index (κ3) is 2.83. The van der Waals surface area contributed by atoms with E-state index in [1.165, 1.54) is 0 Å². The summed E-state index contributed by atoms with van der Waals surface area (Å²) < 4.78 is 17.8. The van der Waals surface area contributed by atoms with Crippen LogP contribution in [0.15, 0.2) is 91.1 Å². The Bertz CT molecular complexity index is 1400. The molecule has 3 aliphatic heterocycles. The van der Waals surface area contributed by atoms with Crippen LogP contribution in [0.5, 0.6) is 17.2 Å². The Morgan fingerprint density at radius 2 is 1.43 bits per heavy atom. The highest BCUT2D eigenvalue weighted by molar-refractivity contribution is 6.11. The molecule has 35 heavy (non-hydrogen) atoms. The van der Waals surface area contributed by atoms with Gasteiger partial charge in [0.25, 0.3) is 0 Å². The first kappa shape index (κ1) is 20.1. The number of nitrogens with zero attached hydrogens (tertiary/aromatic N) is 2. The van der Waals surface area contributed by atoms with Gasteiger partial charge in [0.2, 0.25) is 5.91 Å². The maximum Gasteiger partial charge on any atom is 0.248 e. The summed E-state index contributed by atoms with van der Waals surface area (Å²) in [6.07, 6.45) is 1.74. The molecule has 1 atom stereocenters. The smallest absolute Gasteiger partial charge is 0.248 e. The van der Waals surface area contributed by atoms with Gasteiger partial charge < -0.3 is 14.2 Å². The highest BCUT2D eigenvalue weighted by atomic mass is 16.6. The number of carbonyl (C=O) groups is 1. The fourth-order valence-electron chi connectivity index (χ4n) is 5.51. The Balaban J connectivity index is 1.45. The summed E-state index contributed by atoms with van der Waals surface area (Å²) in [6, 6.07) is 27.5. The summed E-state index contributed by atoms with van der Waals surface area (Å²) in [7, 11) is 0. The number of amides is 1. The molecule has 0 aliphatic carbocycles. The number of fused-ring (bicyclic) bond motifs is 5. The van der Waals surface area contributed by atoms with Crippen molar-refractivity contribution in [3.05, 3.63) is 114 Å². The van der Waals surface area contributed by atoms with Crippen LogP contribution in [0.1, 0.15) is 28.4 Å². The highest BCUT2D eigenvalue weighted by Crippen LogP contribution is 2.56. The van der Waals surface area contributed by atoms with Crippen molar-refractivity contribution in [3.63, 3.8) is 0 Å². The number of hydrogen-bond acceptors (Lipinski definition) is 5. The molecule has 3 aliphatic rings. The minimum atomic E-state index is -1.05. The van der Waals surface area contributed by atoms with Crippen LogP contribution in [0.4, 0.5) is 5.69 Å². The predicted molar refractivity (Wildman–Crippen MR) is 130 cm³/mol. The van der Waals surface area contributed by atoms with Gasteiger partial charge in [-0.05, 0) is 29.3 Å². The molecule has 6 heteroatoms. The van der Waals surface area contributed by atoms with Crippen molar-refractivity contribution in [1.29, 1.82) is 0 Å². The van der Waals surface area contributed by atoms with Gasteiger partial charge >= 0.3 is 0 Å². The van der Waals surface area contributed by atoms with Crippen LogP contribution >= 0.6 is 0 Å². The Morgan fingerprint density at radius 1 is 0.771 bits per heavy atom. The normalized spacial score (nSPS) is 19.6. The maximum absolute atomic E-state index is 14.6. The van der Waals surface area contributed by atoms with Gasteiger partial charge in [0.15, 0.2) is 16.9 Å². The lowest BCUT2D eigenvalue weighted by Gasteiger charge is -2.31. The van der Waals surface area contributed by atoms with E-state index in [4.69, 9.17) is 19.2 Å². The first-order chi connectivity index (χ1) is 17.3. The standard InChI is InChI=1S/C29H22N2O4/c32-28-29(18-35-23-17-25-24(16-21(23)29)33-14-15-34-25)27-22(12-7-13-30-27)31(28)26(19-8-3-1-4-9-19)20-10-5-2-6-11-20/h1-13,16-17,26H,14-15,18H2. The molecule has 0 bridgehead atoms. The topological polar surface area (TPSA) is 60.9 Å². The van der Waals surface area contributed by atoms with E-state index in [-0.39, 0.29) is 18.6 Å². The lowest BCUT2D eigenvalue weighted by atomic mass is 9.79. The van der Waals surface area contributed by atoms with Crippen LogP contribution in [-0.2, 0) is 10.2 Å². The Hall–Kier alpha value is -4.32. The Kier molecular flexibility index (Phi) is 4.36. The van der Waals surface area contributed by atoms with Gasteiger partial charge in [-0.1, -0.05) is 60.7 Å². The second-order valence-corrected chi connectivity index (χ2v) is 8.96. The summed E-state index contributed by atoms with van der Waals surface area (Å²) in [5.74, 6) is 1.85. The average molecular weight is 463 g/mol. The van der Waals surface area contributed by atoms with Crippen molar-refractivity contribution in [3.8, 4) is 17.2 Å². The number of pyridine rings is 1. The first-order valence-corrected chi connectivity index (χ1v) is 11.7. The van der Waals surface area contributed by atoms with E-state index in [9.17, 15) is 4.79 Å². The highest BCUT2D eigenvalue weighted by Gasteiger charge is 2.60. The van der Waals surface area contributed by atoms with Gasteiger partial charge in [-0.2, -0.15) is 0 Å². The van der Waals surface area contributed by atoms with Gasteiger partial charge in [0.1, 0.15) is 25.6 Å². The fourth-order valence-corrected chi connectivity index (χ4v) is 5.51. The number of anilines is 1. The summed E-state index contributed by atoms with van der Waals surface area (Å²) in [4.78, 5) is 21.3. The molecule has 4 heterocycles. The molecular weight excluding hydrogens is 440 g/mol. The van der Waals surface area contributed by atoms with Crippen LogP contribution in [0, 0.1) is 0 Å². The van der Waals surface area contributed by atoms with Crippen molar-refractivity contribution in [2.24, 2.45) is 0 Å². The van der Waals surface area contributed by atoms with Crippen molar-refractivity contribution in [2.75, 3.05) is 24.7 Å². The van der Waals surface area contributed by atoms with Crippen LogP contribution in [0.25, 0.3) is 0 Å². The number of benzene rings is 3. The monoisotopic (exact) mass is 462 g/mol. The quantitative estimate of drug-likeness (QED) is 0.443. The minimum Gasteiger partial charge on any atom is -0.491 e. The zero-order valence-corrected chi connectivity index (χ0v) is 18.9. The van der Waals surface area contributed by atoms with Gasteiger partial charge in [-0.15, -0.1) is 0 Å². The van der Waals surface area contributed by atoms with Gasteiger partial charge in [0, 0.05) is 17.8 Å². The van der Waals surface area contributed by atoms with E-state index in [1.807, 2.05) is 65.6 Å². The van der Waals surface area contributed by atoms with Gasteiger partial charge in [0.05, 0.1) is 17.4 Å². The van der Waals surface area contributed by atoms with E-state index in [0.29, 0.717) is 36.2 Å². The zero-order valence-electron chi connectivity index (χ0n) is 18.9. The van der Waals surface area contributed by atoms with Crippen LogP contribution < -0.4 is 19.1 Å². The van der Waals surface area contributed by atoms with Gasteiger partial charge in [-0.3, -0.25) is 14.7 Å². The zero-order chi connectivity index (χ0) is 23.4. The van der Waals surface area contributed by atoms with E-state index < -0.39 is 5.41 Å². The Labute approximate surface area is 202 Å². The second-order valence-electron chi connectivity index (χ2n) is 8.96. The fraction of sp³-hybridized carbons (Fsp3) is 0.172. The number of carbonyl (C=O) groups excluding carboxylic acids is 1. The lowest BCUT2D eigenvalue weighted by Crippen LogP contribution is -2.44. The third-order valence-electron chi connectivity index (χ3n) is 7.07. The molecule has 172 valence electrons. The number of rotatable bonds is 3. The number of ether oxygens (including phenoxy) is 3. The Morgan fingerprint density at radius 3 is 2.11 bits per heavy atom. The molecule has 7 rings (SSSR count). The molecule has 0 saturated carbocycles. The molecular formula is C29H22N2O4. The second kappa shape index (κ2) is 7.60. The summed E-state index contributed by atoms with van der Waals surface area (Å²) in [6.45, 7) is 1.14. The molecule has 0 saturated heterocycles. The van der Waals surface area contributed by atoms with Crippen molar-refractivity contribution >= 4 is 11.6 Å². The van der Waals surface area contributed by atoms with Crippen LogP contribution in [0.3, 0.4) is 0 Å². The molecule has 0 fully saturated rings. The molecule has 1 unspecified atom stereocenters. The van der Waals surface area contributed by atoms with E-state index in [2.05, 4.69) is 24.3 Å². The first-order valence-electron chi connectivity index (χ1n) is 11.7. The van der Waals surface area contributed by atoms with Crippen molar-refractivity contribution in [2.45, 2.75) is 11.5 Å². The number of hydrogen-bond donors (Lipinski definition) is 0. The SMILES string of the molecule is O=C1N(C(c2ccccc2)c2ccccc2)c2cccnc2C12COc1cc3c(cc12)OCCO3. The minimum absolute atomic E-state index is 0.0562. The molecule has 1 amide bonds. The van der Waals surface area contributed by atoms with Crippen LogP contribution in [-0.4, -0.2) is 30.7 Å². The molecule has 1 spiro atoms. The van der Waals surface area contributed by atoms with E-state index in [0.717, 1.165) is 22.4 Å². The molecule has 4 aromatic rings. The summed E-state index contributed by atoms with van der Waals surface area (Å²) in [5, 5.41) is 0. The summed E-state index contributed by atoms with van der Waals surface area (Å²) in [5.41, 5.74) is 3.28. The maximum atomic E-state index is 14.6. The lowest BCUT2D eigenvalue weighted by molar-refractivity contribution is -0.122. The largest absolute Gasteiger partial charge is 0.491 e. The van der Waals surface area contributed by atoms with Gasteiger partial charge in [-0.25, -0.2) is 0 Å². The summed E-state index contributed by atoms with van der Waals surface area (Å²) >= 11 is 0. The number of aromatic nitrogens is 1. The van der Waals surface area contributed by atoms with Crippen molar-refractivity contribution < 1.29 is 19.0 Å². The van der Waals surface area contributed by atoms with Crippen LogP contribution in [0.2, 0.25) is 0 Å². The third-order valence-corrected chi connectivity index (χ3v) is 7.07. The molecule has 6 nitrogen and oxygen atoms in total. The predicted octanol–water partition coefficient (Wildman–Crippen LogP) is 4.67. The molecule has 1 aromatic heterocycles.